The maximum atomic E-state index is 12.1. The second-order valence-corrected chi connectivity index (χ2v) is 10.1. The van der Waals surface area contributed by atoms with Crippen LogP contribution in [0.25, 0.3) is 0 Å². The van der Waals surface area contributed by atoms with Gasteiger partial charge in [0.15, 0.2) is 9.84 Å². The van der Waals surface area contributed by atoms with Gasteiger partial charge in [0.25, 0.3) is 0 Å². The molecular weight excluding hydrogens is 288 g/mol. The molecule has 2 rings (SSSR count). The van der Waals surface area contributed by atoms with Gasteiger partial charge in [0, 0.05) is 25.2 Å². The molecule has 1 aliphatic carbocycles. The summed E-state index contributed by atoms with van der Waals surface area (Å²) in [6.07, 6.45) is 3.55. The van der Waals surface area contributed by atoms with E-state index in [9.17, 15) is 8.42 Å². The highest BCUT2D eigenvalue weighted by atomic mass is 32.2. The van der Waals surface area contributed by atoms with Crippen molar-refractivity contribution in [2.24, 2.45) is 5.92 Å². The van der Waals surface area contributed by atoms with E-state index in [1.165, 1.54) is 12.8 Å². The first-order valence-electron chi connectivity index (χ1n) is 8.08. The SMILES string of the molecule is CC(C)(C)S(=O)(=O)CCNC1CCCC1C1COCCN1. The summed E-state index contributed by atoms with van der Waals surface area (Å²) in [7, 11) is -3.03. The van der Waals surface area contributed by atoms with E-state index in [0.29, 0.717) is 24.5 Å². The van der Waals surface area contributed by atoms with Crippen LogP contribution in [0.15, 0.2) is 0 Å². The summed E-state index contributed by atoms with van der Waals surface area (Å²) < 4.78 is 29.2. The van der Waals surface area contributed by atoms with E-state index in [4.69, 9.17) is 4.74 Å². The normalized spacial score (nSPS) is 31.5. The molecule has 2 N–H and O–H groups in total. The number of morpholine rings is 1. The Morgan fingerprint density at radius 2 is 2.05 bits per heavy atom. The number of hydrogen-bond acceptors (Lipinski definition) is 5. The minimum atomic E-state index is -3.03. The van der Waals surface area contributed by atoms with Gasteiger partial charge in [-0.05, 0) is 39.5 Å². The lowest BCUT2D eigenvalue weighted by Gasteiger charge is -2.33. The summed E-state index contributed by atoms with van der Waals surface area (Å²) in [5, 5.41) is 7.02. The molecule has 124 valence electrons. The Kier molecular flexibility index (Phi) is 5.68. The quantitative estimate of drug-likeness (QED) is 0.790. The fourth-order valence-corrected chi connectivity index (χ4v) is 4.27. The Hall–Kier alpha value is -0.170. The van der Waals surface area contributed by atoms with Gasteiger partial charge in [-0.2, -0.15) is 0 Å². The molecule has 0 bridgehead atoms. The predicted molar refractivity (Wildman–Crippen MR) is 85.3 cm³/mol. The lowest BCUT2D eigenvalue weighted by atomic mass is 9.94. The first-order valence-corrected chi connectivity index (χ1v) is 9.73. The van der Waals surface area contributed by atoms with Crippen molar-refractivity contribution in [2.45, 2.75) is 56.9 Å². The average Bonchev–Trinajstić information content (AvgIpc) is 2.86. The third-order valence-corrected chi connectivity index (χ3v) is 7.35. The van der Waals surface area contributed by atoms with Crippen LogP contribution in [0.4, 0.5) is 0 Å². The zero-order valence-corrected chi connectivity index (χ0v) is 14.3. The Morgan fingerprint density at radius 1 is 1.29 bits per heavy atom. The van der Waals surface area contributed by atoms with Crippen molar-refractivity contribution in [2.75, 3.05) is 32.1 Å². The smallest absolute Gasteiger partial charge is 0.156 e. The van der Waals surface area contributed by atoms with Crippen LogP contribution in [0, 0.1) is 5.92 Å². The van der Waals surface area contributed by atoms with E-state index in [0.717, 1.165) is 26.2 Å². The van der Waals surface area contributed by atoms with Crippen molar-refractivity contribution >= 4 is 9.84 Å². The van der Waals surface area contributed by atoms with Crippen molar-refractivity contribution in [3.8, 4) is 0 Å². The Bertz CT molecular complexity index is 425. The molecule has 0 spiro atoms. The van der Waals surface area contributed by atoms with Crippen LogP contribution in [0.2, 0.25) is 0 Å². The van der Waals surface area contributed by atoms with Gasteiger partial charge in [-0.15, -0.1) is 0 Å². The Balaban J connectivity index is 1.82. The summed E-state index contributed by atoms with van der Waals surface area (Å²) in [5.41, 5.74) is 0. The summed E-state index contributed by atoms with van der Waals surface area (Å²) in [6.45, 7) is 8.35. The molecule has 2 fully saturated rings. The highest BCUT2D eigenvalue weighted by molar-refractivity contribution is 7.92. The highest BCUT2D eigenvalue weighted by Gasteiger charge is 2.35. The molecule has 1 heterocycles. The molecular formula is C15H30N2O3S. The van der Waals surface area contributed by atoms with E-state index in [1.54, 1.807) is 20.8 Å². The molecule has 21 heavy (non-hydrogen) atoms. The van der Waals surface area contributed by atoms with E-state index < -0.39 is 14.6 Å². The summed E-state index contributed by atoms with van der Waals surface area (Å²) in [4.78, 5) is 0. The lowest BCUT2D eigenvalue weighted by Crippen LogP contribution is -2.51. The molecule has 5 nitrogen and oxygen atoms in total. The molecule has 1 saturated carbocycles. The molecule has 0 amide bonds. The maximum absolute atomic E-state index is 12.1. The Labute approximate surface area is 129 Å². The first kappa shape index (κ1) is 17.2. The molecule has 2 aliphatic rings. The van der Waals surface area contributed by atoms with Crippen LogP contribution in [0.1, 0.15) is 40.0 Å². The third kappa shape index (κ3) is 4.41. The zero-order chi connectivity index (χ0) is 15.5. The van der Waals surface area contributed by atoms with E-state index in [1.807, 2.05) is 0 Å². The average molecular weight is 318 g/mol. The number of hydrogen-bond donors (Lipinski definition) is 2. The maximum Gasteiger partial charge on any atom is 0.156 e. The topological polar surface area (TPSA) is 67.4 Å². The van der Waals surface area contributed by atoms with Gasteiger partial charge in [0.1, 0.15) is 0 Å². The number of rotatable bonds is 5. The molecule has 1 saturated heterocycles. The van der Waals surface area contributed by atoms with Gasteiger partial charge in [-0.1, -0.05) is 6.42 Å². The van der Waals surface area contributed by atoms with E-state index in [2.05, 4.69) is 10.6 Å². The van der Waals surface area contributed by atoms with Crippen molar-refractivity contribution in [3.63, 3.8) is 0 Å². The largest absolute Gasteiger partial charge is 0.379 e. The number of ether oxygens (including phenoxy) is 1. The van der Waals surface area contributed by atoms with Gasteiger partial charge >= 0.3 is 0 Å². The second-order valence-electron chi connectivity index (χ2n) is 7.22. The van der Waals surface area contributed by atoms with Crippen LogP contribution in [0.3, 0.4) is 0 Å². The molecule has 3 unspecified atom stereocenters. The molecule has 6 heteroatoms. The minimum Gasteiger partial charge on any atom is -0.379 e. The fourth-order valence-electron chi connectivity index (χ4n) is 3.27. The summed E-state index contributed by atoms with van der Waals surface area (Å²) in [6, 6.07) is 0.831. The molecule has 1 aliphatic heterocycles. The van der Waals surface area contributed by atoms with Crippen molar-refractivity contribution in [1.82, 2.24) is 10.6 Å². The zero-order valence-electron chi connectivity index (χ0n) is 13.5. The van der Waals surface area contributed by atoms with Crippen LogP contribution >= 0.6 is 0 Å². The van der Waals surface area contributed by atoms with Crippen molar-refractivity contribution < 1.29 is 13.2 Å². The molecule has 0 aromatic rings. The van der Waals surface area contributed by atoms with Gasteiger partial charge < -0.3 is 15.4 Å². The minimum absolute atomic E-state index is 0.217. The van der Waals surface area contributed by atoms with Crippen LogP contribution in [0.5, 0.6) is 0 Å². The van der Waals surface area contributed by atoms with Gasteiger partial charge in [-0.3, -0.25) is 0 Å². The second kappa shape index (κ2) is 6.94. The molecule has 0 radical (unpaired) electrons. The fraction of sp³-hybridized carbons (Fsp3) is 1.00. The van der Waals surface area contributed by atoms with Crippen LogP contribution in [-0.2, 0) is 14.6 Å². The van der Waals surface area contributed by atoms with Gasteiger partial charge in [-0.25, -0.2) is 8.42 Å². The summed E-state index contributed by atoms with van der Waals surface area (Å²) in [5.74, 6) is 0.775. The number of nitrogens with one attached hydrogen (secondary N) is 2. The van der Waals surface area contributed by atoms with E-state index in [-0.39, 0.29) is 5.75 Å². The van der Waals surface area contributed by atoms with Crippen molar-refractivity contribution in [1.29, 1.82) is 0 Å². The molecule has 0 aromatic heterocycles. The van der Waals surface area contributed by atoms with Crippen molar-refractivity contribution in [3.05, 3.63) is 0 Å². The van der Waals surface area contributed by atoms with E-state index >= 15 is 0 Å². The van der Waals surface area contributed by atoms with Crippen LogP contribution < -0.4 is 10.6 Å². The monoisotopic (exact) mass is 318 g/mol. The predicted octanol–water partition coefficient (Wildman–Crippen LogP) is 0.946. The molecule has 0 aromatic carbocycles. The Morgan fingerprint density at radius 3 is 2.67 bits per heavy atom. The molecule has 3 atom stereocenters. The number of sulfone groups is 1. The summed E-state index contributed by atoms with van der Waals surface area (Å²) >= 11 is 0. The highest BCUT2D eigenvalue weighted by Crippen LogP contribution is 2.29. The first-order chi connectivity index (χ1) is 9.81. The van der Waals surface area contributed by atoms with Gasteiger partial charge in [0.2, 0.25) is 0 Å². The van der Waals surface area contributed by atoms with Gasteiger partial charge in [0.05, 0.1) is 23.7 Å². The third-order valence-electron chi connectivity index (χ3n) is 4.75. The standard InChI is InChI=1S/C15H30N2O3S/c1-15(2,3)21(18,19)10-8-17-13-6-4-5-12(13)14-11-20-9-7-16-14/h12-14,16-17H,4-11H2,1-3H3. The van der Waals surface area contributed by atoms with Crippen LogP contribution in [-0.4, -0.2) is 57.3 Å². The lowest BCUT2D eigenvalue weighted by molar-refractivity contribution is 0.0527.